The average Bonchev–Trinajstić information content (AvgIpc) is 3.24. The van der Waals surface area contributed by atoms with E-state index in [0.29, 0.717) is 18.1 Å². The topological polar surface area (TPSA) is 71.0 Å². The van der Waals surface area contributed by atoms with Crippen molar-refractivity contribution in [3.05, 3.63) is 35.8 Å². The van der Waals surface area contributed by atoms with Crippen molar-refractivity contribution in [2.24, 2.45) is 11.8 Å². The van der Waals surface area contributed by atoms with Crippen LogP contribution >= 0.6 is 0 Å². The molecule has 2 aliphatic heterocycles. The lowest BCUT2D eigenvalue weighted by Gasteiger charge is -2.26. The first-order valence-electron chi connectivity index (χ1n) is 9.14. The molecule has 3 aliphatic rings. The first-order valence-corrected chi connectivity index (χ1v) is 9.14. The van der Waals surface area contributed by atoms with E-state index in [2.05, 4.69) is 20.2 Å². The molecule has 0 spiro atoms. The summed E-state index contributed by atoms with van der Waals surface area (Å²) in [5.74, 6) is 3.04. The van der Waals surface area contributed by atoms with Gasteiger partial charge >= 0.3 is 0 Å². The first kappa shape index (κ1) is 14.8. The fourth-order valence-corrected chi connectivity index (χ4v) is 4.57. The van der Waals surface area contributed by atoms with E-state index in [1.165, 1.54) is 19.3 Å². The maximum Gasteiger partial charge on any atom is 0.270 e. The van der Waals surface area contributed by atoms with Crippen molar-refractivity contribution < 1.29 is 4.79 Å². The normalized spacial score (nSPS) is 24.8. The molecule has 1 saturated heterocycles. The lowest BCUT2D eigenvalue weighted by atomic mass is 10.0. The van der Waals surface area contributed by atoms with Gasteiger partial charge in [-0.25, -0.2) is 9.97 Å². The molecule has 4 heterocycles. The van der Waals surface area contributed by atoms with Gasteiger partial charge in [-0.05, 0) is 43.2 Å². The number of nitrogens with one attached hydrogen (secondary N) is 1. The van der Waals surface area contributed by atoms with E-state index in [1.54, 1.807) is 12.4 Å². The molecule has 0 bridgehead atoms. The number of anilines is 1. The molecular weight excluding hydrogens is 314 g/mol. The summed E-state index contributed by atoms with van der Waals surface area (Å²) in [4.78, 5) is 28.4. The summed E-state index contributed by atoms with van der Waals surface area (Å²) in [6, 6.07) is 3.82. The van der Waals surface area contributed by atoms with Gasteiger partial charge in [-0.15, -0.1) is 0 Å². The average molecular weight is 335 g/mol. The molecule has 128 valence electrons. The molecule has 1 amide bonds. The Labute approximate surface area is 146 Å². The molecule has 0 unspecified atom stereocenters. The molecule has 1 aliphatic carbocycles. The largest absolute Gasteiger partial charge is 0.356 e. The van der Waals surface area contributed by atoms with Crippen molar-refractivity contribution in [2.75, 3.05) is 24.5 Å². The number of hydrogen-bond acceptors (Lipinski definition) is 5. The summed E-state index contributed by atoms with van der Waals surface area (Å²) in [6.07, 6.45) is 8.29. The molecule has 2 aromatic rings. The smallest absolute Gasteiger partial charge is 0.270 e. The SMILES string of the molecule is O=C1NCCc2c1nc(-c1cccnc1)nc2N1C[C@H]2CCC[C@H]2C1. The zero-order valence-electron chi connectivity index (χ0n) is 14.1. The van der Waals surface area contributed by atoms with Gasteiger partial charge in [0.15, 0.2) is 5.82 Å². The quantitative estimate of drug-likeness (QED) is 0.910. The molecule has 6 heteroatoms. The summed E-state index contributed by atoms with van der Waals surface area (Å²) in [5, 5.41) is 2.91. The Morgan fingerprint density at radius 3 is 2.76 bits per heavy atom. The Morgan fingerprint density at radius 1 is 1.16 bits per heavy atom. The van der Waals surface area contributed by atoms with Crippen molar-refractivity contribution in [3.63, 3.8) is 0 Å². The summed E-state index contributed by atoms with van der Waals surface area (Å²) >= 11 is 0. The van der Waals surface area contributed by atoms with Crippen molar-refractivity contribution in [2.45, 2.75) is 25.7 Å². The van der Waals surface area contributed by atoms with Gasteiger partial charge in [-0.3, -0.25) is 9.78 Å². The summed E-state index contributed by atoms with van der Waals surface area (Å²) < 4.78 is 0. The molecule has 5 rings (SSSR count). The van der Waals surface area contributed by atoms with Gasteiger partial charge < -0.3 is 10.2 Å². The van der Waals surface area contributed by atoms with Gasteiger partial charge in [0.2, 0.25) is 0 Å². The minimum absolute atomic E-state index is 0.0885. The predicted octanol–water partition coefficient (Wildman–Crippen LogP) is 2.06. The molecule has 2 aromatic heterocycles. The Bertz CT molecular complexity index is 810. The highest BCUT2D eigenvalue weighted by Gasteiger charge is 2.38. The molecule has 2 atom stereocenters. The molecular formula is C19H21N5O. The molecule has 6 nitrogen and oxygen atoms in total. The van der Waals surface area contributed by atoms with Crippen LogP contribution in [0.25, 0.3) is 11.4 Å². The predicted molar refractivity (Wildman–Crippen MR) is 94.3 cm³/mol. The Hall–Kier alpha value is -2.50. The standard InChI is InChI=1S/C19H21N5O/c25-19-16-15(6-8-21-19)18(24-10-13-3-1-4-14(13)11-24)23-17(22-16)12-5-2-7-20-9-12/h2,5,7,9,13-14H,1,3-4,6,8,10-11H2,(H,21,25)/t13-,14+. The van der Waals surface area contributed by atoms with Gasteiger partial charge in [0.05, 0.1) is 0 Å². The highest BCUT2D eigenvalue weighted by Crippen LogP contribution is 2.40. The van der Waals surface area contributed by atoms with Crippen molar-refractivity contribution in [1.82, 2.24) is 20.3 Å². The van der Waals surface area contributed by atoms with E-state index in [-0.39, 0.29) is 5.91 Å². The first-order chi connectivity index (χ1) is 12.3. The number of carbonyl (C=O) groups excluding carboxylic acids is 1. The van der Waals surface area contributed by atoms with Gasteiger partial charge in [0, 0.05) is 43.2 Å². The van der Waals surface area contributed by atoms with E-state index < -0.39 is 0 Å². The van der Waals surface area contributed by atoms with Crippen LogP contribution in [0, 0.1) is 11.8 Å². The van der Waals surface area contributed by atoms with Crippen LogP contribution < -0.4 is 10.2 Å². The number of hydrogen-bond donors (Lipinski definition) is 1. The number of fused-ring (bicyclic) bond motifs is 2. The second-order valence-corrected chi connectivity index (χ2v) is 7.30. The van der Waals surface area contributed by atoms with E-state index >= 15 is 0 Å². The number of amides is 1. The molecule has 0 radical (unpaired) electrons. The molecule has 0 aromatic carbocycles. The third-order valence-corrected chi connectivity index (χ3v) is 5.81. The second-order valence-electron chi connectivity index (χ2n) is 7.30. The minimum Gasteiger partial charge on any atom is -0.356 e. The van der Waals surface area contributed by atoms with Crippen LogP contribution in [0.1, 0.15) is 35.3 Å². The fraction of sp³-hybridized carbons (Fsp3) is 0.474. The number of nitrogens with zero attached hydrogens (tertiary/aromatic N) is 4. The summed E-state index contributed by atoms with van der Waals surface area (Å²) in [7, 11) is 0. The summed E-state index contributed by atoms with van der Waals surface area (Å²) in [5.41, 5.74) is 2.40. The lowest BCUT2D eigenvalue weighted by Crippen LogP contribution is -2.35. The lowest BCUT2D eigenvalue weighted by molar-refractivity contribution is 0.0940. The van der Waals surface area contributed by atoms with Crippen LogP contribution in [0.15, 0.2) is 24.5 Å². The van der Waals surface area contributed by atoms with Crippen LogP contribution in [0.2, 0.25) is 0 Å². The van der Waals surface area contributed by atoms with Crippen LogP contribution in [0.4, 0.5) is 5.82 Å². The number of aromatic nitrogens is 3. The van der Waals surface area contributed by atoms with Crippen LogP contribution in [-0.4, -0.2) is 40.5 Å². The third-order valence-electron chi connectivity index (χ3n) is 5.81. The van der Waals surface area contributed by atoms with Crippen molar-refractivity contribution >= 4 is 11.7 Å². The maximum atomic E-state index is 12.4. The number of carbonyl (C=O) groups is 1. The minimum atomic E-state index is -0.0885. The van der Waals surface area contributed by atoms with Crippen molar-refractivity contribution in [1.29, 1.82) is 0 Å². The van der Waals surface area contributed by atoms with E-state index in [0.717, 1.165) is 48.3 Å². The fourth-order valence-electron chi connectivity index (χ4n) is 4.57. The zero-order chi connectivity index (χ0) is 16.8. The number of pyridine rings is 1. The highest BCUT2D eigenvalue weighted by atomic mass is 16.1. The Kier molecular flexibility index (Phi) is 3.43. The van der Waals surface area contributed by atoms with Crippen LogP contribution in [0.3, 0.4) is 0 Å². The Morgan fingerprint density at radius 2 is 2.00 bits per heavy atom. The second kappa shape index (κ2) is 5.79. The Balaban J connectivity index is 1.61. The molecule has 1 N–H and O–H groups in total. The van der Waals surface area contributed by atoms with Gasteiger partial charge in [-0.1, -0.05) is 6.42 Å². The van der Waals surface area contributed by atoms with E-state index in [4.69, 9.17) is 4.98 Å². The van der Waals surface area contributed by atoms with E-state index in [9.17, 15) is 4.79 Å². The molecule has 2 fully saturated rings. The zero-order valence-corrected chi connectivity index (χ0v) is 14.1. The highest BCUT2D eigenvalue weighted by molar-refractivity contribution is 5.96. The van der Waals surface area contributed by atoms with Gasteiger partial charge in [0.1, 0.15) is 11.5 Å². The van der Waals surface area contributed by atoms with Crippen LogP contribution in [-0.2, 0) is 6.42 Å². The number of rotatable bonds is 2. The maximum absolute atomic E-state index is 12.4. The van der Waals surface area contributed by atoms with Crippen LogP contribution in [0.5, 0.6) is 0 Å². The molecule has 25 heavy (non-hydrogen) atoms. The monoisotopic (exact) mass is 335 g/mol. The molecule has 1 saturated carbocycles. The van der Waals surface area contributed by atoms with Gasteiger partial charge in [0.25, 0.3) is 5.91 Å². The van der Waals surface area contributed by atoms with E-state index in [1.807, 2.05) is 12.1 Å². The summed E-state index contributed by atoms with van der Waals surface area (Å²) in [6.45, 7) is 2.78. The third kappa shape index (κ3) is 2.47. The van der Waals surface area contributed by atoms with Crippen molar-refractivity contribution in [3.8, 4) is 11.4 Å². The van der Waals surface area contributed by atoms with Gasteiger partial charge in [-0.2, -0.15) is 0 Å².